The number of carbonyl (C=O) groups excluding carboxylic acids is 1. The minimum atomic E-state index is -0.0955. The van der Waals surface area contributed by atoms with Crippen molar-refractivity contribution in [3.05, 3.63) is 18.5 Å². The molecule has 120 valence electrons. The first-order chi connectivity index (χ1) is 10.8. The number of hydrogen-bond acceptors (Lipinski definition) is 6. The molecule has 0 aromatic carbocycles. The predicted molar refractivity (Wildman–Crippen MR) is 80.5 cm³/mol. The summed E-state index contributed by atoms with van der Waals surface area (Å²) >= 11 is 0. The van der Waals surface area contributed by atoms with Crippen LogP contribution in [0.5, 0.6) is 0 Å². The van der Waals surface area contributed by atoms with Gasteiger partial charge in [-0.1, -0.05) is 0 Å². The first kappa shape index (κ1) is 15.2. The van der Waals surface area contributed by atoms with Gasteiger partial charge in [-0.25, -0.2) is 9.97 Å². The Kier molecular flexibility index (Phi) is 4.84. The molecule has 1 amide bonds. The topological polar surface area (TPSA) is 76.6 Å². The number of fused-ring (bicyclic) bond motifs is 1. The highest BCUT2D eigenvalue weighted by molar-refractivity contribution is 5.80. The van der Waals surface area contributed by atoms with Gasteiger partial charge in [0.15, 0.2) is 0 Å². The number of nitrogens with zero attached hydrogens (tertiary/aromatic N) is 3. The van der Waals surface area contributed by atoms with Crippen LogP contribution in [0.3, 0.4) is 0 Å². The molecule has 1 N–H and O–H groups in total. The second-order valence-corrected chi connectivity index (χ2v) is 5.71. The second kappa shape index (κ2) is 7.02. The highest BCUT2D eigenvalue weighted by atomic mass is 16.5. The van der Waals surface area contributed by atoms with Crippen LogP contribution in [0.4, 0.5) is 5.95 Å². The number of amides is 1. The number of piperidine rings is 1. The summed E-state index contributed by atoms with van der Waals surface area (Å²) in [5.41, 5.74) is 0. The fourth-order valence-corrected chi connectivity index (χ4v) is 3.28. The Morgan fingerprint density at radius 1 is 1.45 bits per heavy atom. The van der Waals surface area contributed by atoms with E-state index in [2.05, 4.69) is 15.3 Å². The van der Waals surface area contributed by atoms with E-state index in [0.29, 0.717) is 25.6 Å². The Morgan fingerprint density at radius 2 is 2.27 bits per heavy atom. The summed E-state index contributed by atoms with van der Waals surface area (Å²) in [5.74, 6) is 0.911. The number of rotatable bonds is 5. The molecule has 7 heteroatoms. The molecule has 3 rings (SSSR count). The molecular formula is C15H22N4O3. The summed E-state index contributed by atoms with van der Waals surface area (Å²) in [6.45, 7) is 3.16. The summed E-state index contributed by atoms with van der Waals surface area (Å²) in [5, 5.41) is 2.95. The minimum Gasteiger partial charge on any atom is -0.383 e. The third-order valence-corrected chi connectivity index (χ3v) is 4.37. The van der Waals surface area contributed by atoms with E-state index in [0.717, 1.165) is 19.6 Å². The van der Waals surface area contributed by atoms with Gasteiger partial charge in [-0.15, -0.1) is 0 Å². The van der Waals surface area contributed by atoms with Crippen LogP contribution < -0.4 is 10.2 Å². The van der Waals surface area contributed by atoms with Gasteiger partial charge < -0.3 is 19.7 Å². The lowest BCUT2D eigenvalue weighted by atomic mass is 9.82. The van der Waals surface area contributed by atoms with Crippen LogP contribution in [-0.4, -0.2) is 61.9 Å². The summed E-state index contributed by atoms with van der Waals surface area (Å²) < 4.78 is 10.8. The summed E-state index contributed by atoms with van der Waals surface area (Å²) in [7, 11) is 1.63. The smallest absolute Gasteiger partial charge is 0.225 e. The third kappa shape index (κ3) is 3.20. The molecule has 1 aromatic rings. The van der Waals surface area contributed by atoms with Crippen molar-refractivity contribution in [2.45, 2.75) is 12.5 Å². The quantitative estimate of drug-likeness (QED) is 0.777. The lowest BCUT2D eigenvalue weighted by Crippen LogP contribution is -2.53. The van der Waals surface area contributed by atoms with Crippen LogP contribution in [0, 0.1) is 11.8 Å². The lowest BCUT2D eigenvalue weighted by molar-refractivity contribution is -0.128. The lowest BCUT2D eigenvalue weighted by Gasteiger charge is -2.39. The van der Waals surface area contributed by atoms with Crippen LogP contribution in [0.25, 0.3) is 0 Å². The Bertz CT molecular complexity index is 499. The van der Waals surface area contributed by atoms with Crippen molar-refractivity contribution in [2.75, 3.05) is 44.9 Å². The maximum atomic E-state index is 12.5. The molecule has 2 aliphatic heterocycles. The molecule has 0 bridgehead atoms. The van der Waals surface area contributed by atoms with E-state index in [1.165, 1.54) is 0 Å². The molecule has 3 atom stereocenters. The average molecular weight is 306 g/mol. The van der Waals surface area contributed by atoms with Crippen LogP contribution in [0.2, 0.25) is 0 Å². The predicted octanol–water partition coefficient (Wildman–Crippen LogP) is 0.0805. The van der Waals surface area contributed by atoms with Crippen LogP contribution in [0.1, 0.15) is 6.42 Å². The van der Waals surface area contributed by atoms with Gasteiger partial charge in [0, 0.05) is 51.7 Å². The van der Waals surface area contributed by atoms with Crippen molar-refractivity contribution in [1.82, 2.24) is 15.3 Å². The van der Waals surface area contributed by atoms with Crippen molar-refractivity contribution in [2.24, 2.45) is 11.8 Å². The Morgan fingerprint density at radius 3 is 3.05 bits per heavy atom. The molecule has 2 aliphatic rings. The molecule has 22 heavy (non-hydrogen) atoms. The Balaban J connectivity index is 1.71. The first-order valence-electron chi connectivity index (χ1n) is 7.70. The number of anilines is 1. The standard InChI is InChI=1S/C15H22N4O3/c1-21-8-6-16-14(20)12-9-19(15-17-4-2-5-18-15)10-13-11(12)3-7-22-13/h2,4-5,11-13H,3,6-10H2,1H3,(H,16,20)/t11-,12-,13+/m1/s1. The highest BCUT2D eigenvalue weighted by Gasteiger charge is 2.44. The largest absolute Gasteiger partial charge is 0.383 e. The van der Waals surface area contributed by atoms with Gasteiger partial charge in [-0.2, -0.15) is 0 Å². The Hall–Kier alpha value is -1.73. The fourth-order valence-electron chi connectivity index (χ4n) is 3.28. The number of carbonyl (C=O) groups is 1. The molecule has 7 nitrogen and oxygen atoms in total. The van der Waals surface area contributed by atoms with Gasteiger partial charge in [0.05, 0.1) is 18.6 Å². The zero-order valence-electron chi connectivity index (χ0n) is 12.8. The van der Waals surface area contributed by atoms with E-state index >= 15 is 0 Å². The molecular weight excluding hydrogens is 284 g/mol. The molecule has 0 aliphatic carbocycles. The average Bonchev–Trinajstić information content (AvgIpc) is 3.03. The summed E-state index contributed by atoms with van der Waals surface area (Å²) in [6, 6.07) is 1.79. The monoisotopic (exact) mass is 306 g/mol. The van der Waals surface area contributed by atoms with Crippen molar-refractivity contribution >= 4 is 11.9 Å². The van der Waals surface area contributed by atoms with E-state index in [4.69, 9.17) is 9.47 Å². The second-order valence-electron chi connectivity index (χ2n) is 5.71. The molecule has 2 fully saturated rings. The third-order valence-electron chi connectivity index (χ3n) is 4.37. The first-order valence-corrected chi connectivity index (χ1v) is 7.70. The highest BCUT2D eigenvalue weighted by Crippen LogP contribution is 2.34. The summed E-state index contributed by atoms with van der Waals surface area (Å²) in [6.07, 6.45) is 4.46. The van der Waals surface area contributed by atoms with Gasteiger partial charge >= 0.3 is 0 Å². The van der Waals surface area contributed by atoms with Crippen molar-refractivity contribution in [3.63, 3.8) is 0 Å². The van der Waals surface area contributed by atoms with E-state index < -0.39 is 0 Å². The number of hydrogen-bond donors (Lipinski definition) is 1. The van der Waals surface area contributed by atoms with E-state index in [9.17, 15) is 4.79 Å². The summed E-state index contributed by atoms with van der Waals surface area (Å²) in [4.78, 5) is 23.1. The van der Waals surface area contributed by atoms with Gasteiger partial charge in [0.2, 0.25) is 11.9 Å². The van der Waals surface area contributed by atoms with Crippen molar-refractivity contribution < 1.29 is 14.3 Å². The van der Waals surface area contributed by atoms with Crippen LogP contribution in [0.15, 0.2) is 18.5 Å². The van der Waals surface area contributed by atoms with Crippen LogP contribution in [-0.2, 0) is 14.3 Å². The normalized spacial score (nSPS) is 27.5. The number of aromatic nitrogens is 2. The molecule has 2 saturated heterocycles. The van der Waals surface area contributed by atoms with Gasteiger partial charge in [-0.05, 0) is 12.5 Å². The van der Waals surface area contributed by atoms with E-state index in [1.807, 2.05) is 4.90 Å². The molecule has 1 aromatic heterocycles. The molecule has 0 unspecified atom stereocenters. The molecule has 0 spiro atoms. The maximum absolute atomic E-state index is 12.5. The van der Waals surface area contributed by atoms with Crippen molar-refractivity contribution in [1.29, 1.82) is 0 Å². The minimum absolute atomic E-state index is 0.0678. The van der Waals surface area contributed by atoms with Crippen LogP contribution >= 0.6 is 0 Å². The molecule has 0 saturated carbocycles. The molecule has 3 heterocycles. The van der Waals surface area contributed by atoms with Gasteiger partial charge in [-0.3, -0.25) is 4.79 Å². The number of ether oxygens (including phenoxy) is 2. The molecule has 0 radical (unpaired) electrons. The number of methoxy groups -OCH3 is 1. The Labute approximate surface area is 130 Å². The van der Waals surface area contributed by atoms with E-state index in [1.54, 1.807) is 25.6 Å². The van der Waals surface area contributed by atoms with Crippen molar-refractivity contribution in [3.8, 4) is 0 Å². The zero-order chi connectivity index (χ0) is 15.4. The van der Waals surface area contributed by atoms with E-state index in [-0.39, 0.29) is 23.8 Å². The SMILES string of the molecule is COCCNC(=O)[C@@H]1CN(c2ncccn2)C[C@@H]2OCC[C@@H]21. The maximum Gasteiger partial charge on any atom is 0.225 e. The zero-order valence-corrected chi connectivity index (χ0v) is 12.8. The fraction of sp³-hybridized carbons (Fsp3) is 0.667. The van der Waals surface area contributed by atoms with Gasteiger partial charge in [0.25, 0.3) is 0 Å². The number of nitrogens with one attached hydrogen (secondary N) is 1. The van der Waals surface area contributed by atoms with Gasteiger partial charge in [0.1, 0.15) is 0 Å².